The average Bonchev–Trinajstić information content (AvgIpc) is 3.60. The molecule has 3 rings (SSSR count). The molecule has 53 heavy (non-hydrogen) atoms. The van der Waals surface area contributed by atoms with Gasteiger partial charge in [0.05, 0.1) is 33.5 Å². The molecule has 2 aromatic heterocycles. The molecule has 4 N–H and O–H groups in total. The molecule has 29 heteroatoms. The van der Waals surface area contributed by atoms with Gasteiger partial charge in [-0.15, -0.1) is 0 Å². The molecule has 0 aromatic carbocycles. The molecule has 0 bridgehead atoms. The van der Waals surface area contributed by atoms with Crippen LogP contribution in [0.15, 0.2) is 12.7 Å². The maximum Gasteiger partial charge on any atom is 1.00 e. The van der Waals surface area contributed by atoms with Crippen LogP contribution in [0.1, 0.15) is 39.8 Å². The maximum atomic E-state index is 13.1. The predicted molar refractivity (Wildman–Crippen MR) is 164 cm³/mol. The Balaban J connectivity index is 0.00000972. The number of nitrogens with zero attached hydrogens (tertiary/aromatic N) is 4. The number of thioether (sulfide) groups is 1. The number of nitrogen functional groups attached to an aromatic ring is 1. The second kappa shape index (κ2) is 19.8. The van der Waals surface area contributed by atoms with Crippen molar-refractivity contribution in [2.24, 2.45) is 5.41 Å². The molecule has 7 unspecified atom stereocenters. The second-order valence-electron chi connectivity index (χ2n) is 11.5. The van der Waals surface area contributed by atoms with Crippen LogP contribution in [0.2, 0.25) is 0 Å². The number of rotatable bonds is 20. The molecule has 1 saturated heterocycles. The van der Waals surface area contributed by atoms with Gasteiger partial charge in [0.1, 0.15) is 24.2 Å². The normalized spacial score (nSPS) is 22.0. The molecule has 3 heterocycles. The first-order valence-electron chi connectivity index (χ1n) is 15.0. The molecule has 294 valence electrons. The van der Waals surface area contributed by atoms with E-state index in [1.54, 1.807) is 6.92 Å². The molecule has 1 fully saturated rings. The minimum absolute atomic E-state index is 0. The fraction of sp³-hybridized carbons (Fsp3) is 0.667. The van der Waals surface area contributed by atoms with Gasteiger partial charge in [0.25, 0.3) is 15.6 Å². The number of nitrogens with two attached hydrogens (primary N) is 1. The third-order valence-corrected chi connectivity index (χ3v) is 11.0. The zero-order chi connectivity index (χ0) is 39.1. The van der Waals surface area contributed by atoms with Gasteiger partial charge < -0.3 is 69.0 Å². The van der Waals surface area contributed by atoms with Gasteiger partial charge in [0, 0.05) is 31.7 Å². The summed E-state index contributed by atoms with van der Waals surface area (Å²) in [5.74, 6) is -1.35. The van der Waals surface area contributed by atoms with Crippen LogP contribution in [-0.4, -0.2) is 92.9 Å². The number of ether oxygens (including phenoxy) is 1. The van der Waals surface area contributed by atoms with E-state index >= 15 is 0 Å². The Morgan fingerprint density at radius 3 is 2.38 bits per heavy atom. The van der Waals surface area contributed by atoms with Crippen LogP contribution in [0, 0.1) is 5.41 Å². The van der Waals surface area contributed by atoms with Crippen molar-refractivity contribution in [3.05, 3.63) is 12.7 Å². The minimum Gasteiger partial charge on any atom is -0.847 e. The summed E-state index contributed by atoms with van der Waals surface area (Å²) < 4.78 is 59.9. The van der Waals surface area contributed by atoms with Crippen molar-refractivity contribution in [1.82, 2.24) is 30.2 Å². The van der Waals surface area contributed by atoms with Crippen LogP contribution >= 0.6 is 35.2 Å². The number of phosphoric acid groups is 3. The van der Waals surface area contributed by atoms with E-state index in [4.69, 9.17) is 10.5 Å². The molecule has 7 atom stereocenters. The Kier molecular flexibility index (Phi) is 17.7. The summed E-state index contributed by atoms with van der Waals surface area (Å²) in [6.45, 7) is 1.51. The summed E-state index contributed by atoms with van der Waals surface area (Å²) in [5.41, 5.74) is 3.86. The molecule has 2 aromatic rings. The molecule has 0 radical (unpaired) electrons. The second-order valence-corrected chi connectivity index (χ2v) is 16.7. The van der Waals surface area contributed by atoms with Crippen molar-refractivity contribution in [3.8, 4) is 0 Å². The van der Waals surface area contributed by atoms with Crippen molar-refractivity contribution in [2.45, 2.75) is 64.3 Å². The Morgan fingerprint density at radius 1 is 1.08 bits per heavy atom. The number of imidazole rings is 1. The SMILES string of the molecule is CCC(=O)SCCNC(=O)CCNC(=O)C([O-])C(C)(C)COP(=O)([O-])OP(=O)([O-])OCC1OC(n2cnc3c(N)ncnc32)C([O-])C1OP(=O)([O-])[O-].[Li+]. The number of carbonyl (C=O) groups is 3. The molecule has 24 nitrogen and oxygen atoms in total. The summed E-state index contributed by atoms with van der Waals surface area (Å²) in [6, 6.07) is 0. The smallest absolute Gasteiger partial charge is 0.847 e. The van der Waals surface area contributed by atoms with Crippen molar-refractivity contribution >= 4 is 69.1 Å². The molecular weight excluding hydrogens is 790 g/mol. The van der Waals surface area contributed by atoms with E-state index < -0.39 is 84.6 Å². The third-order valence-electron chi connectivity index (χ3n) is 6.96. The molecule has 1 aliphatic heterocycles. The number of carbonyl (C=O) groups excluding carboxylic acids is 3. The fourth-order valence-electron chi connectivity index (χ4n) is 4.35. The van der Waals surface area contributed by atoms with Gasteiger partial charge in [-0.1, -0.05) is 32.5 Å². The zero-order valence-electron chi connectivity index (χ0n) is 28.5. The van der Waals surface area contributed by atoms with Crippen molar-refractivity contribution in [3.63, 3.8) is 0 Å². The Labute approximate surface area is 317 Å². The van der Waals surface area contributed by atoms with E-state index in [1.807, 2.05) is 0 Å². The van der Waals surface area contributed by atoms with E-state index in [0.29, 0.717) is 12.2 Å². The standard InChI is InChI=1S/C24H38N7O17P3S.Li/c1-4-15(33)52-8-7-26-14(32)5-6-27-22(36)19(35)24(2,3)10-45-51(42,43)48-50(40,41)44-9-13-18(47-49(37,38)39)17(34)23(46-13)31-12-30-16-20(25)28-11-29-21(16)31;/h11-13,17-19,23H,4-10H2,1-3H3,(H,26,32)(H,27,36)(H,40,41)(H,42,43)(H2,25,28,29)(H2,37,38,39);/q-2;+1/p-4. The third kappa shape index (κ3) is 14.3. The van der Waals surface area contributed by atoms with E-state index in [2.05, 4.69) is 43.5 Å². The van der Waals surface area contributed by atoms with Gasteiger partial charge in [0.15, 0.2) is 16.6 Å². The maximum absolute atomic E-state index is 13.1. The van der Waals surface area contributed by atoms with Crippen LogP contribution < -0.4 is 65.0 Å². The van der Waals surface area contributed by atoms with Crippen molar-refractivity contribution < 1.29 is 99.3 Å². The first kappa shape index (κ1) is 47.3. The predicted octanol–water partition coefficient (Wildman–Crippen LogP) is -7.71. The topological polar surface area (TPSA) is 381 Å². The van der Waals surface area contributed by atoms with Gasteiger partial charge in [-0.25, -0.2) is 19.3 Å². The van der Waals surface area contributed by atoms with E-state index in [0.717, 1.165) is 42.8 Å². The first-order valence-corrected chi connectivity index (χ1v) is 20.4. The minimum atomic E-state index is -5.94. The van der Waals surface area contributed by atoms with Crippen LogP contribution in [0.5, 0.6) is 0 Å². The van der Waals surface area contributed by atoms with Gasteiger partial charge in [-0.2, -0.15) is 0 Å². The molecule has 0 spiro atoms. The molecule has 0 saturated carbocycles. The quantitative estimate of drug-likeness (QED) is 0.0634. The monoisotopic (exact) mass is 824 g/mol. The van der Waals surface area contributed by atoms with Crippen LogP contribution in [0.4, 0.5) is 5.82 Å². The first-order chi connectivity index (χ1) is 24.1. The number of nitrogens with one attached hydrogen (secondary N) is 2. The van der Waals surface area contributed by atoms with E-state index in [1.165, 1.54) is 0 Å². The zero-order valence-corrected chi connectivity index (χ0v) is 32.0. The molecule has 1 aliphatic rings. The Hall–Kier alpha value is -1.84. The number of phosphoric ester groups is 3. The summed E-state index contributed by atoms with van der Waals surface area (Å²) in [4.78, 5) is 94.5. The van der Waals surface area contributed by atoms with E-state index in [-0.39, 0.29) is 60.5 Å². The van der Waals surface area contributed by atoms with Gasteiger partial charge in [-0.3, -0.25) is 28.1 Å². The molecule has 0 aliphatic carbocycles. The number of amides is 2. The van der Waals surface area contributed by atoms with Crippen LogP contribution in [-0.2, 0) is 50.7 Å². The summed E-state index contributed by atoms with van der Waals surface area (Å²) >= 11 is 1.05. The van der Waals surface area contributed by atoms with Gasteiger partial charge in [-0.05, 0) is 17.6 Å². The van der Waals surface area contributed by atoms with Crippen molar-refractivity contribution in [2.75, 3.05) is 37.8 Å². The largest absolute Gasteiger partial charge is 1.00 e. The van der Waals surface area contributed by atoms with Gasteiger partial charge >= 0.3 is 18.9 Å². The average molecular weight is 824 g/mol. The number of anilines is 1. The molecule has 2 amide bonds. The number of hydrogen-bond donors (Lipinski definition) is 3. The number of hydrogen-bond acceptors (Lipinski definition) is 22. The van der Waals surface area contributed by atoms with E-state index in [9.17, 15) is 57.9 Å². The number of fused-ring (bicyclic) bond motifs is 1. The number of aromatic nitrogens is 4. The van der Waals surface area contributed by atoms with Gasteiger partial charge in [0.2, 0.25) is 11.8 Å². The van der Waals surface area contributed by atoms with Crippen molar-refractivity contribution in [1.29, 1.82) is 0 Å². The fourth-order valence-corrected chi connectivity index (χ4v) is 7.71. The summed E-state index contributed by atoms with van der Waals surface area (Å²) in [7, 11) is -17.7. The Bertz CT molecular complexity index is 1740. The molecular formula is C24H34LiN7O17P3S-5. The summed E-state index contributed by atoms with van der Waals surface area (Å²) in [6.07, 6.45) is -8.12. The van der Waals surface area contributed by atoms with Crippen LogP contribution in [0.3, 0.4) is 0 Å². The summed E-state index contributed by atoms with van der Waals surface area (Å²) in [5, 5.41) is 30.5. The Morgan fingerprint density at radius 2 is 1.74 bits per heavy atom. The van der Waals surface area contributed by atoms with Crippen LogP contribution in [0.25, 0.3) is 11.2 Å².